The van der Waals surface area contributed by atoms with E-state index in [-0.39, 0.29) is 12.5 Å². The van der Waals surface area contributed by atoms with Gasteiger partial charge < -0.3 is 20.1 Å². The number of ether oxygens (including phenoxy) is 2. The highest BCUT2D eigenvalue weighted by atomic mass is 16.5. The molecule has 0 aliphatic rings. The first-order chi connectivity index (χ1) is 11.2. The first-order valence-corrected chi connectivity index (χ1v) is 6.97. The number of rotatable bonds is 8. The van der Waals surface area contributed by atoms with Crippen LogP contribution in [-0.2, 0) is 4.79 Å². The number of hydrogen-bond donors (Lipinski definition) is 2. The van der Waals surface area contributed by atoms with Crippen LogP contribution in [0.5, 0.6) is 11.5 Å². The Morgan fingerprint density at radius 1 is 1.17 bits per heavy atom. The number of benzene rings is 1. The number of carbonyl (C=O) groups is 1. The standard InChI is InChI=1S/C16H18N4O3/c1-3-10-17-14-8-9-15(20-19-14)18-16(21)11-23-13-7-5-4-6-12(13)22-2/h3-9H,1,10-11H2,2H3,(H,17,19)(H,18,20,21). The molecule has 0 atom stereocenters. The quantitative estimate of drug-likeness (QED) is 0.726. The van der Waals surface area contributed by atoms with Crippen LogP contribution in [0.25, 0.3) is 0 Å². The van der Waals surface area contributed by atoms with Gasteiger partial charge in [-0.3, -0.25) is 4.79 Å². The molecule has 23 heavy (non-hydrogen) atoms. The molecule has 2 rings (SSSR count). The minimum atomic E-state index is -0.336. The van der Waals surface area contributed by atoms with Crippen molar-refractivity contribution in [2.75, 3.05) is 30.9 Å². The number of nitrogens with one attached hydrogen (secondary N) is 2. The third-order valence-electron chi connectivity index (χ3n) is 2.79. The number of para-hydroxylation sites is 2. The molecule has 0 unspecified atom stereocenters. The summed E-state index contributed by atoms with van der Waals surface area (Å²) in [4.78, 5) is 11.9. The van der Waals surface area contributed by atoms with Crippen molar-refractivity contribution in [1.82, 2.24) is 10.2 Å². The molecule has 2 aromatic rings. The predicted octanol–water partition coefficient (Wildman–Crippen LogP) is 2.10. The van der Waals surface area contributed by atoms with Gasteiger partial charge in [0, 0.05) is 6.54 Å². The van der Waals surface area contributed by atoms with Crippen molar-refractivity contribution in [3.8, 4) is 11.5 Å². The second kappa shape index (κ2) is 8.38. The van der Waals surface area contributed by atoms with Crippen molar-refractivity contribution in [3.63, 3.8) is 0 Å². The smallest absolute Gasteiger partial charge is 0.263 e. The van der Waals surface area contributed by atoms with Crippen LogP contribution in [-0.4, -0.2) is 36.4 Å². The first-order valence-electron chi connectivity index (χ1n) is 6.97. The van der Waals surface area contributed by atoms with Crippen molar-refractivity contribution in [3.05, 3.63) is 49.1 Å². The Hall–Kier alpha value is -3.09. The van der Waals surface area contributed by atoms with E-state index in [1.54, 1.807) is 43.5 Å². The van der Waals surface area contributed by atoms with Crippen LogP contribution >= 0.6 is 0 Å². The molecule has 7 heteroatoms. The van der Waals surface area contributed by atoms with Crippen LogP contribution in [0.15, 0.2) is 49.1 Å². The van der Waals surface area contributed by atoms with E-state index in [0.29, 0.717) is 29.7 Å². The van der Waals surface area contributed by atoms with E-state index in [1.165, 1.54) is 0 Å². The molecule has 1 heterocycles. The fraction of sp³-hybridized carbons (Fsp3) is 0.188. The maximum Gasteiger partial charge on any atom is 0.263 e. The number of hydrogen-bond acceptors (Lipinski definition) is 6. The van der Waals surface area contributed by atoms with Gasteiger partial charge in [0.2, 0.25) is 0 Å². The van der Waals surface area contributed by atoms with Gasteiger partial charge in [0.05, 0.1) is 7.11 Å². The summed E-state index contributed by atoms with van der Waals surface area (Å²) in [6.07, 6.45) is 1.71. The number of nitrogens with zero attached hydrogens (tertiary/aromatic N) is 2. The second-order valence-corrected chi connectivity index (χ2v) is 4.46. The lowest BCUT2D eigenvalue weighted by Crippen LogP contribution is -2.21. The lowest BCUT2D eigenvalue weighted by atomic mass is 10.3. The van der Waals surface area contributed by atoms with Crippen LogP contribution < -0.4 is 20.1 Å². The summed E-state index contributed by atoms with van der Waals surface area (Å²) in [6.45, 7) is 4.04. The van der Waals surface area contributed by atoms with E-state index in [1.807, 2.05) is 6.07 Å². The molecule has 0 aliphatic heterocycles. The van der Waals surface area contributed by atoms with Crippen molar-refractivity contribution < 1.29 is 14.3 Å². The highest BCUT2D eigenvalue weighted by molar-refractivity contribution is 5.90. The number of amides is 1. The Morgan fingerprint density at radius 2 is 1.87 bits per heavy atom. The van der Waals surface area contributed by atoms with Gasteiger partial charge in [0.1, 0.15) is 5.82 Å². The normalized spacial score (nSPS) is 9.78. The van der Waals surface area contributed by atoms with Crippen molar-refractivity contribution in [2.24, 2.45) is 0 Å². The molecule has 0 bridgehead atoms. The lowest BCUT2D eigenvalue weighted by Gasteiger charge is -2.10. The topological polar surface area (TPSA) is 85.4 Å². The Bertz CT molecular complexity index is 659. The molecule has 1 aromatic carbocycles. The fourth-order valence-corrected chi connectivity index (χ4v) is 1.73. The molecule has 0 fully saturated rings. The highest BCUT2D eigenvalue weighted by Crippen LogP contribution is 2.25. The van der Waals surface area contributed by atoms with Gasteiger partial charge in [-0.2, -0.15) is 0 Å². The largest absolute Gasteiger partial charge is 0.493 e. The molecule has 0 radical (unpaired) electrons. The predicted molar refractivity (Wildman–Crippen MR) is 87.8 cm³/mol. The van der Waals surface area contributed by atoms with Gasteiger partial charge in [-0.25, -0.2) is 0 Å². The van der Waals surface area contributed by atoms with Crippen molar-refractivity contribution in [2.45, 2.75) is 0 Å². The molecule has 1 amide bonds. The Balaban J connectivity index is 1.86. The summed E-state index contributed by atoms with van der Waals surface area (Å²) in [5, 5.41) is 13.4. The molecular formula is C16H18N4O3. The molecule has 120 valence electrons. The van der Waals surface area contributed by atoms with Crippen LogP contribution in [0.2, 0.25) is 0 Å². The Kier molecular flexibility index (Phi) is 5.93. The van der Waals surface area contributed by atoms with E-state index in [0.717, 1.165) is 0 Å². The summed E-state index contributed by atoms with van der Waals surface area (Å²) < 4.78 is 10.6. The summed E-state index contributed by atoms with van der Waals surface area (Å²) in [5.41, 5.74) is 0. The van der Waals surface area contributed by atoms with E-state index in [4.69, 9.17) is 9.47 Å². The van der Waals surface area contributed by atoms with Gasteiger partial charge >= 0.3 is 0 Å². The van der Waals surface area contributed by atoms with Gasteiger partial charge in [-0.05, 0) is 24.3 Å². The maximum absolute atomic E-state index is 11.9. The molecule has 0 saturated heterocycles. The van der Waals surface area contributed by atoms with E-state index < -0.39 is 0 Å². The zero-order valence-corrected chi connectivity index (χ0v) is 12.8. The number of anilines is 2. The van der Waals surface area contributed by atoms with Gasteiger partial charge in [-0.15, -0.1) is 16.8 Å². The van der Waals surface area contributed by atoms with E-state index in [9.17, 15) is 4.79 Å². The summed E-state index contributed by atoms with van der Waals surface area (Å²) in [6, 6.07) is 10.5. The van der Waals surface area contributed by atoms with Gasteiger partial charge in [0.15, 0.2) is 23.9 Å². The number of methoxy groups -OCH3 is 1. The second-order valence-electron chi connectivity index (χ2n) is 4.46. The summed E-state index contributed by atoms with van der Waals surface area (Å²) >= 11 is 0. The lowest BCUT2D eigenvalue weighted by molar-refractivity contribution is -0.118. The Morgan fingerprint density at radius 3 is 2.52 bits per heavy atom. The highest BCUT2D eigenvalue weighted by Gasteiger charge is 2.08. The summed E-state index contributed by atoms with van der Waals surface area (Å²) in [5.74, 6) is 1.69. The average Bonchev–Trinajstić information content (AvgIpc) is 2.59. The molecule has 0 spiro atoms. The monoisotopic (exact) mass is 314 g/mol. The first kappa shape index (κ1) is 16.3. The molecular weight excluding hydrogens is 296 g/mol. The van der Waals surface area contributed by atoms with E-state index in [2.05, 4.69) is 27.4 Å². The van der Waals surface area contributed by atoms with Crippen LogP contribution in [0.4, 0.5) is 11.6 Å². The number of aromatic nitrogens is 2. The van der Waals surface area contributed by atoms with Crippen LogP contribution in [0.1, 0.15) is 0 Å². The van der Waals surface area contributed by atoms with Crippen LogP contribution in [0, 0.1) is 0 Å². The van der Waals surface area contributed by atoms with Crippen molar-refractivity contribution >= 4 is 17.5 Å². The zero-order valence-electron chi connectivity index (χ0n) is 12.8. The molecule has 0 aliphatic carbocycles. The van der Waals surface area contributed by atoms with Gasteiger partial charge in [0.25, 0.3) is 5.91 Å². The number of carbonyl (C=O) groups excluding carboxylic acids is 1. The molecule has 0 saturated carbocycles. The Labute approximate surface area is 134 Å². The molecule has 1 aromatic heterocycles. The van der Waals surface area contributed by atoms with Crippen LogP contribution in [0.3, 0.4) is 0 Å². The van der Waals surface area contributed by atoms with Gasteiger partial charge in [-0.1, -0.05) is 18.2 Å². The zero-order chi connectivity index (χ0) is 16.5. The third kappa shape index (κ3) is 4.99. The maximum atomic E-state index is 11.9. The fourth-order valence-electron chi connectivity index (χ4n) is 1.73. The molecule has 7 nitrogen and oxygen atoms in total. The SMILES string of the molecule is C=CCNc1ccc(NC(=O)COc2ccccc2OC)nn1. The average molecular weight is 314 g/mol. The minimum Gasteiger partial charge on any atom is -0.493 e. The summed E-state index contributed by atoms with van der Waals surface area (Å²) in [7, 11) is 1.54. The minimum absolute atomic E-state index is 0.154. The van der Waals surface area contributed by atoms with Crippen molar-refractivity contribution in [1.29, 1.82) is 0 Å². The molecule has 2 N–H and O–H groups in total. The third-order valence-corrected chi connectivity index (χ3v) is 2.79. The van der Waals surface area contributed by atoms with E-state index >= 15 is 0 Å².